The fourth-order valence-corrected chi connectivity index (χ4v) is 4.33. The highest BCUT2D eigenvalue weighted by molar-refractivity contribution is 7.89. The monoisotopic (exact) mass is 348 g/mol. The maximum atomic E-state index is 12.8. The minimum Gasteiger partial charge on any atom is -0.472 e. The zero-order chi connectivity index (χ0) is 17.0. The van der Waals surface area contributed by atoms with E-state index < -0.39 is 10.0 Å². The first-order chi connectivity index (χ1) is 11.6. The zero-order valence-electron chi connectivity index (χ0n) is 13.3. The Bertz CT molecular complexity index is 792. The van der Waals surface area contributed by atoms with Crippen LogP contribution in [0.2, 0.25) is 0 Å². The minimum absolute atomic E-state index is 0.203. The van der Waals surface area contributed by atoms with Crippen LogP contribution in [-0.4, -0.2) is 31.7 Å². The van der Waals surface area contributed by atoms with E-state index in [0.717, 1.165) is 25.7 Å². The highest BCUT2D eigenvalue weighted by atomic mass is 32.2. The fraction of sp³-hybridized carbons (Fsp3) is 0.353. The van der Waals surface area contributed by atoms with Crippen LogP contribution in [0.1, 0.15) is 36.0 Å². The Morgan fingerprint density at radius 2 is 1.83 bits per heavy atom. The summed E-state index contributed by atoms with van der Waals surface area (Å²) in [4.78, 5) is 12.3. The average molecular weight is 348 g/mol. The first kappa shape index (κ1) is 16.7. The van der Waals surface area contributed by atoms with Gasteiger partial charge in [-0.15, -0.1) is 0 Å². The van der Waals surface area contributed by atoms with E-state index in [9.17, 15) is 13.2 Å². The Labute approximate surface area is 141 Å². The van der Waals surface area contributed by atoms with Crippen LogP contribution in [-0.2, 0) is 10.0 Å². The Morgan fingerprint density at radius 3 is 2.50 bits per heavy atom. The molecule has 1 aliphatic heterocycles. The van der Waals surface area contributed by atoms with Crippen molar-refractivity contribution in [3.8, 4) is 0 Å². The molecule has 2 heterocycles. The molecule has 0 atom stereocenters. The van der Waals surface area contributed by atoms with Crippen LogP contribution in [0.25, 0.3) is 0 Å². The Hall–Kier alpha value is -2.12. The number of sulfonamides is 1. The number of nitrogens with zero attached hydrogens (tertiary/aromatic N) is 1. The standard InChI is InChI=1S/C17H20N2O4S/c20-17(14-8-11-23-13-14)18-15-6-5-7-16(12-15)24(21,22)19-9-3-1-2-4-10-19/h5-8,11-13H,1-4,9-10H2,(H,18,20). The van der Waals surface area contributed by atoms with Gasteiger partial charge in [0.1, 0.15) is 6.26 Å². The smallest absolute Gasteiger partial charge is 0.258 e. The zero-order valence-corrected chi connectivity index (χ0v) is 14.1. The van der Waals surface area contributed by atoms with E-state index >= 15 is 0 Å². The van der Waals surface area contributed by atoms with Crippen molar-refractivity contribution in [2.24, 2.45) is 0 Å². The van der Waals surface area contributed by atoms with Crippen molar-refractivity contribution < 1.29 is 17.6 Å². The topological polar surface area (TPSA) is 79.6 Å². The van der Waals surface area contributed by atoms with Gasteiger partial charge in [0.2, 0.25) is 10.0 Å². The SMILES string of the molecule is O=C(Nc1cccc(S(=O)(=O)N2CCCCCC2)c1)c1ccoc1. The Kier molecular flexibility index (Phi) is 5.01. The van der Waals surface area contributed by atoms with E-state index in [1.165, 1.54) is 22.9 Å². The summed E-state index contributed by atoms with van der Waals surface area (Å²) < 4.78 is 32.0. The van der Waals surface area contributed by atoms with Gasteiger partial charge < -0.3 is 9.73 Å². The number of rotatable bonds is 4. The average Bonchev–Trinajstić information content (AvgIpc) is 2.97. The number of carbonyl (C=O) groups is 1. The van der Waals surface area contributed by atoms with Crippen molar-refractivity contribution in [3.63, 3.8) is 0 Å². The number of carbonyl (C=O) groups excluding carboxylic acids is 1. The molecule has 0 spiro atoms. The number of anilines is 1. The lowest BCUT2D eigenvalue weighted by atomic mass is 10.2. The summed E-state index contributed by atoms with van der Waals surface area (Å²) >= 11 is 0. The predicted molar refractivity (Wildman–Crippen MR) is 90.3 cm³/mol. The maximum Gasteiger partial charge on any atom is 0.258 e. The van der Waals surface area contributed by atoms with Gasteiger partial charge in [0.15, 0.2) is 0 Å². The van der Waals surface area contributed by atoms with E-state index in [2.05, 4.69) is 5.32 Å². The molecule has 1 aliphatic rings. The highest BCUT2D eigenvalue weighted by Crippen LogP contribution is 2.23. The second-order valence-corrected chi connectivity index (χ2v) is 7.75. The molecule has 1 amide bonds. The summed E-state index contributed by atoms with van der Waals surface area (Å²) in [5.41, 5.74) is 0.827. The van der Waals surface area contributed by atoms with Gasteiger partial charge in [-0.05, 0) is 37.1 Å². The van der Waals surface area contributed by atoms with Crippen LogP contribution in [0.5, 0.6) is 0 Å². The third-order valence-electron chi connectivity index (χ3n) is 4.08. The third kappa shape index (κ3) is 3.68. The van der Waals surface area contributed by atoms with Crippen LogP contribution in [0.4, 0.5) is 5.69 Å². The molecule has 1 aromatic carbocycles. The van der Waals surface area contributed by atoms with Crippen molar-refractivity contribution in [2.75, 3.05) is 18.4 Å². The quantitative estimate of drug-likeness (QED) is 0.921. The number of nitrogens with one attached hydrogen (secondary N) is 1. The molecule has 1 N–H and O–H groups in total. The second kappa shape index (κ2) is 7.19. The molecule has 0 aliphatic carbocycles. The molecule has 3 rings (SSSR count). The number of amides is 1. The van der Waals surface area contributed by atoms with Gasteiger partial charge in [0.25, 0.3) is 5.91 Å². The van der Waals surface area contributed by atoms with Crippen LogP contribution in [0.15, 0.2) is 52.2 Å². The Morgan fingerprint density at radius 1 is 1.08 bits per heavy atom. The lowest BCUT2D eigenvalue weighted by Gasteiger charge is -2.20. The molecule has 1 fully saturated rings. The summed E-state index contributed by atoms with van der Waals surface area (Å²) in [6.07, 6.45) is 6.65. The molecule has 24 heavy (non-hydrogen) atoms. The minimum atomic E-state index is -3.53. The lowest BCUT2D eigenvalue weighted by molar-refractivity contribution is 0.102. The van der Waals surface area contributed by atoms with Gasteiger partial charge in [-0.1, -0.05) is 18.9 Å². The Balaban J connectivity index is 1.80. The summed E-state index contributed by atoms with van der Waals surface area (Å²) in [5.74, 6) is -0.340. The summed E-state index contributed by atoms with van der Waals surface area (Å²) in [6, 6.07) is 7.91. The molecule has 0 saturated carbocycles. The first-order valence-corrected chi connectivity index (χ1v) is 9.45. The van der Waals surface area contributed by atoms with E-state index in [1.807, 2.05) is 0 Å². The van der Waals surface area contributed by atoms with E-state index in [-0.39, 0.29) is 10.8 Å². The molecule has 6 nitrogen and oxygen atoms in total. The summed E-state index contributed by atoms with van der Waals surface area (Å²) in [6.45, 7) is 1.10. The maximum absolute atomic E-state index is 12.8. The van der Waals surface area contributed by atoms with Crippen molar-refractivity contribution in [1.82, 2.24) is 4.31 Å². The third-order valence-corrected chi connectivity index (χ3v) is 5.97. The van der Waals surface area contributed by atoms with Crippen LogP contribution >= 0.6 is 0 Å². The van der Waals surface area contributed by atoms with Gasteiger partial charge in [-0.2, -0.15) is 4.31 Å². The highest BCUT2D eigenvalue weighted by Gasteiger charge is 2.25. The number of furan rings is 1. The molecule has 1 aromatic heterocycles. The molecular weight excluding hydrogens is 328 g/mol. The van der Waals surface area contributed by atoms with Crippen molar-refractivity contribution in [2.45, 2.75) is 30.6 Å². The molecular formula is C17H20N2O4S. The van der Waals surface area contributed by atoms with Crippen molar-refractivity contribution >= 4 is 21.6 Å². The van der Waals surface area contributed by atoms with Crippen molar-refractivity contribution in [3.05, 3.63) is 48.4 Å². The van der Waals surface area contributed by atoms with E-state index in [0.29, 0.717) is 24.3 Å². The molecule has 0 unspecified atom stereocenters. The number of hydrogen-bond acceptors (Lipinski definition) is 4. The molecule has 7 heteroatoms. The molecule has 128 valence electrons. The number of benzene rings is 1. The predicted octanol–water partition coefficient (Wildman–Crippen LogP) is 3.10. The lowest BCUT2D eigenvalue weighted by Crippen LogP contribution is -2.32. The van der Waals surface area contributed by atoms with Crippen molar-refractivity contribution in [1.29, 1.82) is 0 Å². The molecule has 1 saturated heterocycles. The van der Waals surface area contributed by atoms with Gasteiger partial charge in [0.05, 0.1) is 16.7 Å². The van der Waals surface area contributed by atoms with Gasteiger partial charge in [-0.3, -0.25) is 4.79 Å². The van der Waals surface area contributed by atoms with E-state index in [4.69, 9.17) is 4.42 Å². The second-order valence-electron chi connectivity index (χ2n) is 5.81. The van der Waals surface area contributed by atoms with Gasteiger partial charge >= 0.3 is 0 Å². The van der Waals surface area contributed by atoms with E-state index in [1.54, 1.807) is 24.3 Å². The van der Waals surface area contributed by atoms with Gasteiger partial charge in [-0.25, -0.2) is 8.42 Å². The normalized spacial score (nSPS) is 16.5. The van der Waals surface area contributed by atoms with Crippen LogP contribution in [0.3, 0.4) is 0 Å². The molecule has 2 aromatic rings. The molecule has 0 radical (unpaired) electrons. The first-order valence-electron chi connectivity index (χ1n) is 8.01. The van der Waals surface area contributed by atoms with Gasteiger partial charge in [0, 0.05) is 18.8 Å². The van der Waals surface area contributed by atoms with Crippen LogP contribution < -0.4 is 5.32 Å². The van der Waals surface area contributed by atoms with Crippen LogP contribution in [0, 0.1) is 0 Å². The summed E-state index contributed by atoms with van der Waals surface area (Å²) in [5, 5.41) is 2.69. The summed E-state index contributed by atoms with van der Waals surface area (Å²) in [7, 11) is -3.53. The fourth-order valence-electron chi connectivity index (χ4n) is 2.76. The largest absolute Gasteiger partial charge is 0.472 e. The molecule has 0 bridgehead atoms. The number of hydrogen-bond donors (Lipinski definition) is 1.